The van der Waals surface area contributed by atoms with Crippen molar-refractivity contribution in [1.29, 1.82) is 0 Å². The van der Waals surface area contributed by atoms with Gasteiger partial charge >= 0.3 is 0 Å². The van der Waals surface area contributed by atoms with E-state index in [1.54, 1.807) is 7.11 Å². The van der Waals surface area contributed by atoms with Gasteiger partial charge in [0.15, 0.2) is 0 Å². The molecule has 0 spiro atoms. The van der Waals surface area contributed by atoms with Crippen molar-refractivity contribution in [3.05, 3.63) is 17.5 Å². The molecule has 0 amide bonds. The number of methoxy groups -OCH3 is 1. The van der Waals surface area contributed by atoms with Crippen LogP contribution in [-0.2, 0) is 17.8 Å². The molecule has 0 aromatic carbocycles. The Morgan fingerprint density at radius 1 is 1.44 bits per heavy atom. The molecule has 0 radical (unpaired) electrons. The summed E-state index contributed by atoms with van der Waals surface area (Å²) in [6.07, 6.45) is 1.93. The van der Waals surface area contributed by atoms with Crippen LogP contribution >= 0.6 is 0 Å². The molecule has 1 aromatic rings. The Hall–Kier alpha value is -0.870. The van der Waals surface area contributed by atoms with E-state index in [4.69, 9.17) is 4.74 Å². The molecule has 4 nitrogen and oxygen atoms in total. The molecule has 0 bridgehead atoms. The second kappa shape index (κ2) is 5.46. The highest BCUT2D eigenvalue weighted by Crippen LogP contribution is 2.09. The van der Waals surface area contributed by atoms with Crippen LogP contribution in [0.2, 0.25) is 0 Å². The Kier molecular flexibility index (Phi) is 4.50. The fourth-order valence-electron chi connectivity index (χ4n) is 1.42. The second-order valence-corrected chi connectivity index (χ2v) is 5.07. The molecule has 0 saturated carbocycles. The smallest absolute Gasteiger partial charge is 0.0658 e. The molecule has 0 saturated heterocycles. The first-order valence-electron chi connectivity index (χ1n) is 5.69. The van der Waals surface area contributed by atoms with Crippen LogP contribution in [0.25, 0.3) is 0 Å². The Bertz CT molecular complexity index is 325. The van der Waals surface area contributed by atoms with E-state index < -0.39 is 0 Å². The third kappa shape index (κ3) is 3.94. The zero-order valence-electron chi connectivity index (χ0n) is 11.0. The lowest BCUT2D eigenvalue weighted by Gasteiger charge is -2.20. The number of rotatable bonds is 5. The summed E-state index contributed by atoms with van der Waals surface area (Å²) in [5, 5.41) is 7.81. The van der Waals surface area contributed by atoms with Crippen LogP contribution in [0.5, 0.6) is 0 Å². The number of ether oxygens (including phenoxy) is 1. The van der Waals surface area contributed by atoms with E-state index in [1.165, 1.54) is 11.3 Å². The first-order chi connectivity index (χ1) is 7.44. The van der Waals surface area contributed by atoms with E-state index in [-0.39, 0.29) is 5.54 Å². The minimum atomic E-state index is 0.140. The Morgan fingerprint density at radius 2 is 2.12 bits per heavy atom. The van der Waals surface area contributed by atoms with E-state index in [2.05, 4.69) is 38.1 Å². The van der Waals surface area contributed by atoms with Gasteiger partial charge in [0.2, 0.25) is 0 Å². The summed E-state index contributed by atoms with van der Waals surface area (Å²) in [4.78, 5) is 0. The highest BCUT2D eigenvalue weighted by molar-refractivity contribution is 5.16. The van der Waals surface area contributed by atoms with Crippen LogP contribution < -0.4 is 5.32 Å². The van der Waals surface area contributed by atoms with Crippen LogP contribution in [0, 0.1) is 6.92 Å². The normalized spacial score (nSPS) is 12.1. The van der Waals surface area contributed by atoms with E-state index in [0.29, 0.717) is 6.61 Å². The van der Waals surface area contributed by atoms with Gasteiger partial charge in [-0.1, -0.05) is 0 Å². The van der Waals surface area contributed by atoms with Crippen molar-refractivity contribution in [3.63, 3.8) is 0 Å². The molecule has 4 heteroatoms. The zero-order valence-corrected chi connectivity index (χ0v) is 11.0. The molecule has 1 rings (SSSR count). The van der Waals surface area contributed by atoms with Crippen LogP contribution in [0.1, 0.15) is 32.0 Å². The molecular formula is C12H23N3O. The SMILES string of the molecule is COCCn1ncc(CNC(C)(C)C)c1C. The van der Waals surface area contributed by atoms with Crippen LogP contribution in [0.4, 0.5) is 0 Å². The molecular weight excluding hydrogens is 202 g/mol. The minimum Gasteiger partial charge on any atom is -0.383 e. The molecule has 0 aliphatic carbocycles. The molecule has 0 atom stereocenters. The quantitative estimate of drug-likeness (QED) is 0.829. The highest BCUT2D eigenvalue weighted by Gasteiger charge is 2.11. The maximum atomic E-state index is 5.05. The monoisotopic (exact) mass is 225 g/mol. The standard InChI is InChI=1S/C12H23N3O/c1-10-11(8-13-12(2,3)4)9-14-15(10)6-7-16-5/h9,13H,6-8H2,1-5H3. The summed E-state index contributed by atoms with van der Waals surface area (Å²) in [5.74, 6) is 0. The van der Waals surface area contributed by atoms with Crippen molar-refractivity contribution in [2.75, 3.05) is 13.7 Å². The van der Waals surface area contributed by atoms with Crippen molar-refractivity contribution in [3.8, 4) is 0 Å². The third-order valence-electron chi connectivity index (χ3n) is 2.52. The van der Waals surface area contributed by atoms with Crippen molar-refractivity contribution >= 4 is 0 Å². The molecule has 1 heterocycles. The van der Waals surface area contributed by atoms with Crippen molar-refractivity contribution in [1.82, 2.24) is 15.1 Å². The number of nitrogens with zero attached hydrogens (tertiary/aromatic N) is 2. The fraction of sp³-hybridized carbons (Fsp3) is 0.750. The lowest BCUT2D eigenvalue weighted by Crippen LogP contribution is -2.35. The number of aromatic nitrogens is 2. The maximum absolute atomic E-state index is 5.05. The van der Waals surface area contributed by atoms with E-state index in [9.17, 15) is 0 Å². The van der Waals surface area contributed by atoms with Crippen molar-refractivity contribution in [2.45, 2.75) is 46.3 Å². The van der Waals surface area contributed by atoms with Crippen LogP contribution in [-0.4, -0.2) is 29.0 Å². The third-order valence-corrected chi connectivity index (χ3v) is 2.52. The predicted molar refractivity (Wildman–Crippen MR) is 65.4 cm³/mol. The first kappa shape index (κ1) is 13.2. The topological polar surface area (TPSA) is 39.1 Å². The lowest BCUT2D eigenvalue weighted by atomic mass is 10.1. The zero-order chi connectivity index (χ0) is 12.2. The van der Waals surface area contributed by atoms with Gasteiger partial charge in [-0.3, -0.25) is 4.68 Å². The molecule has 0 aliphatic rings. The molecule has 92 valence electrons. The summed E-state index contributed by atoms with van der Waals surface area (Å²) in [5.41, 5.74) is 2.61. The fourth-order valence-corrected chi connectivity index (χ4v) is 1.42. The Labute approximate surface area is 98.0 Å². The summed E-state index contributed by atoms with van der Waals surface area (Å²) in [6.45, 7) is 11.0. The van der Waals surface area contributed by atoms with Crippen LogP contribution in [0.3, 0.4) is 0 Å². The van der Waals surface area contributed by atoms with Gasteiger partial charge in [0.1, 0.15) is 0 Å². The van der Waals surface area contributed by atoms with Gasteiger partial charge in [-0.25, -0.2) is 0 Å². The number of hydrogen-bond acceptors (Lipinski definition) is 3. The van der Waals surface area contributed by atoms with E-state index in [1.807, 2.05) is 10.9 Å². The van der Waals surface area contributed by atoms with Gasteiger partial charge in [0.05, 0.1) is 19.3 Å². The van der Waals surface area contributed by atoms with Crippen molar-refractivity contribution < 1.29 is 4.74 Å². The average molecular weight is 225 g/mol. The van der Waals surface area contributed by atoms with Gasteiger partial charge in [-0.2, -0.15) is 5.10 Å². The summed E-state index contributed by atoms with van der Waals surface area (Å²) in [6, 6.07) is 0. The average Bonchev–Trinajstić information content (AvgIpc) is 2.53. The largest absolute Gasteiger partial charge is 0.383 e. The Morgan fingerprint density at radius 3 is 2.69 bits per heavy atom. The highest BCUT2D eigenvalue weighted by atomic mass is 16.5. The molecule has 16 heavy (non-hydrogen) atoms. The minimum absolute atomic E-state index is 0.140. The molecule has 0 aliphatic heterocycles. The van der Waals surface area contributed by atoms with Gasteiger partial charge in [-0.05, 0) is 27.7 Å². The Balaban J connectivity index is 2.58. The first-order valence-corrected chi connectivity index (χ1v) is 5.69. The van der Waals surface area contributed by atoms with Gasteiger partial charge in [0.25, 0.3) is 0 Å². The molecule has 0 unspecified atom stereocenters. The van der Waals surface area contributed by atoms with Gasteiger partial charge < -0.3 is 10.1 Å². The predicted octanol–water partition coefficient (Wildman–Crippen LogP) is 1.73. The van der Waals surface area contributed by atoms with Crippen molar-refractivity contribution in [2.24, 2.45) is 0 Å². The second-order valence-electron chi connectivity index (χ2n) is 5.07. The summed E-state index contributed by atoms with van der Waals surface area (Å²) < 4.78 is 7.04. The maximum Gasteiger partial charge on any atom is 0.0658 e. The van der Waals surface area contributed by atoms with Gasteiger partial charge in [0, 0.05) is 30.5 Å². The van der Waals surface area contributed by atoms with E-state index in [0.717, 1.165) is 13.1 Å². The number of nitrogens with one attached hydrogen (secondary N) is 1. The molecule has 1 N–H and O–H groups in total. The lowest BCUT2D eigenvalue weighted by molar-refractivity contribution is 0.183. The van der Waals surface area contributed by atoms with E-state index >= 15 is 0 Å². The summed E-state index contributed by atoms with van der Waals surface area (Å²) >= 11 is 0. The number of hydrogen-bond donors (Lipinski definition) is 1. The summed E-state index contributed by atoms with van der Waals surface area (Å²) in [7, 11) is 1.71. The van der Waals surface area contributed by atoms with Crippen LogP contribution in [0.15, 0.2) is 6.20 Å². The molecule has 0 fully saturated rings. The van der Waals surface area contributed by atoms with Gasteiger partial charge in [-0.15, -0.1) is 0 Å². The molecule has 1 aromatic heterocycles.